The lowest BCUT2D eigenvalue weighted by Crippen LogP contribution is -2.31. The first-order valence-corrected chi connectivity index (χ1v) is 10.7. The van der Waals surface area contributed by atoms with E-state index in [1.54, 1.807) is 0 Å². The number of hydrogen-bond acceptors (Lipinski definition) is 5. The number of carbonyl (C=O) groups excluding carboxylic acids is 2. The molecule has 0 saturated heterocycles. The Bertz CT molecular complexity index is 1040. The van der Waals surface area contributed by atoms with E-state index in [4.69, 9.17) is 5.14 Å². The molecule has 0 aromatic heterocycles. The third kappa shape index (κ3) is 3.69. The third-order valence-electron chi connectivity index (χ3n) is 4.09. The number of primary sulfonamides is 1. The maximum atomic E-state index is 13.1. The zero-order valence-electron chi connectivity index (χ0n) is 14.8. The Balaban J connectivity index is 2.04. The number of sulfonamides is 1. The van der Waals surface area contributed by atoms with Gasteiger partial charge in [-0.15, -0.1) is 11.8 Å². The molecule has 2 N–H and O–H groups in total. The molecule has 2 amide bonds. The molecule has 0 bridgehead atoms. The van der Waals surface area contributed by atoms with Crippen LogP contribution in [-0.2, 0) is 19.6 Å². The zero-order valence-corrected chi connectivity index (χ0v) is 16.4. The Kier molecular flexibility index (Phi) is 5.23. The molecular weight excluding hydrogens is 384 g/mol. The van der Waals surface area contributed by atoms with Crippen molar-refractivity contribution >= 4 is 44.9 Å². The number of aryl methyl sites for hydroxylation is 1. The van der Waals surface area contributed by atoms with Crippen LogP contribution in [0.5, 0.6) is 0 Å². The predicted molar refractivity (Wildman–Crippen MR) is 107 cm³/mol. The van der Waals surface area contributed by atoms with Crippen molar-refractivity contribution < 1.29 is 18.0 Å². The second-order valence-corrected chi connectivity index (χ2v) is 8.82. The van der Waals surface area contributed by atoms with Crippen LogP contribution in [0.3, 0.4) is 0 Å². The van der Waals surface area contributed by atoms with Crippen LogP contribution in [0.1, 0.15) is 18.1 Å². The molecule has 0 unspecified atom stereocenters. The Hall–Kier alpha value is -2.42. The standard InChI is InChI=1S/C19H18N2O4S2/c1-3-26-17-16(13-6-4-12(2)5-7-13)18(22)21(19(17)23)14-8-10-15(11-9-14)27(20,24)25/h4-11H,3H2,1-2H3,(H2,20,24,25). The minimum atomic E-state index is -3.85. The molecular formula is C19H18N2O4S2. The molecule has 1 heterocycles. The first-order chi connectivity index (χ1) is 12.7. The van der Waals surface area contributed by atoms with Gasteiger partial charge in [0.15, 0.2) is 0 Å². The highest BCUT2D eigenvalue weighted by Gasteiger charge is 2.39. The quantitative estimate of drug-likeness (QED) is 0.776. The third-order valence-corrected chi connectivity index (χ3v) is 5.98. The Morgan fingerprint density at radius 3 is 2.07 bits per heavy atom. The molecule has 1 aliphatic heterocycles. The van der Waals surface area contributed by atoms with E-state index in [0.29, 0.717) is 27.5 Å². The lowest BCUT2D eigenvalue weighted by atomic mass is 10.0. The summed E-state index contributed by atoms with van der Waals surface area (Å²) in [5.41, 5.74) is 2.39. The number of anilines is 1. The van der Waals surface area contributed by atoms with Gasteiger partial charge in [0.2, 0.25) is 10.0 Å². The van der Waals surface area contributed by atoms with E-state index in [-0.39, 0.29) is 4.90 Å². The molecule has 2 aromatic rings. The highest BCUT2D eigenvalue weighted by atomic mass is 32.2. The molecule has 0 spiro atoms. The zero-order chi connectivity index (χ0) is 19.8. The van der Waals surface area contributed by atoms with Crippen LogP contribution in [0.15, 0.2) is 58.3 Å². The van der Waals surface area contributed by atoms with Gasteiger partial charge >= 0.3 is 0 Å². The summed E-state index contributed by atoms with van der Waals surface area (Å²) in [6.07, 6.45) is 0. The van der Waals surface area contributed by atoms with E-state index in [0.717, 1.165) is 10.5 Å². The second-order valence-electron chi connectivity index (χ2n) is 5.99. The van der Waals surface area contributed by atoms with Crippen molar-refractivity contribution in [1.29, 1.82) is 0 Å². The van der Waals surface area contributed by atoms with Gasteiger partial charge in [0, 0.05) is 0 Å². The van der Waals surface area contributed by atoms with Gasteiger partial charge in [-0.3, -0.25) is 9.59 Å². The highest BCUT2D eigenvalue weighted by molar-refractivity contribution is 8.04. The van der Waals surface area contributed by atoms with Crippen molar-refractivity contribution in [1.82, 2.24) is 0 Å². The van der Waals surface area contributed by atoms with Crippen molar-refractivity contribution in [2.45, 2.75) is 18.7 Å². The summed E-state index contributed by atoms with van der Waals surface area (Å²) < 4.78 is 22.8. The Labute approximate surface area is 162 Å². The maximum Gasteiger partial charge on any atom is 0.272 e. The van der Waals surface area contributed by atoms with Crippen molar-refractivity contribution in [2.75, 3.05) is 10.7 Å². The summed E-state index contributed by atoms with van der Waals surface area (Å²) >= 11 is 1.32. The number of thioether (sulfide) groups is 1. The van der Waals surface area contributed by atoms with Gasteiger partial charge in [-0.1, -0.05) is 36.8 Å². The summed E-state index contributed by atoms with van der Waals surface area (Å²) in [6, 6.07) is 12.8. The summed E-state index contributed by atoms with van der Waals surface area (Å²) in [5.74, 6) is -0.198. The minimum Gasteiger partial charge on any atom is -0.268 e. The van der Waals surface area contributed by atoms with Crippen LogP contribution in [0.2, 0.25) is 0 Å². The molecule has 0 saturated carbocycles. The van der Waals surface area contributed by atoms with Gasteiger partial charge in [0.05, 0.1) is 21.1 Å². The van der Waals surface area contributed by atoms with Crippen LogP contribution >= 0.6 is 11.8 Å². The van der Waals surface area contributed by atoms with E-state index in [1.165, 1.54) is 36.0 Å². The Morgan fingerprint density at radius 1 is 0.963 bits per heavy atom. The number of benzene rings is 2. The lowest BCUT2D eigenvalue weighted by Gasteiger charge is -2.15. The molecule has 3 rings (SSSR count). The van der Waals surface area contributed by atoms with Gasteiger partial charge in [-0.05, 0) is 42.5 Å². The lowest BCUT2D eigenvalue weighted by molar-refractivity contribution is -0.119. The van der Waals surface area contributed by atoms with E-state index >= 15 is 0 Å². The van der Waals surface area contributed by atoms with E-state index in [2.05, 4.69) is 0 Å². The van der Waals surface area contributed by atoms with E-state index in [1.807, 2.05) is 38.1 Å². The normalized spacial score (nSPS) is 15.0. The largest absolute Gasteiger partial charge is 0.272 e. The average Bonchev–Trinajstić information content (AvgIpc) is 2.86. The highest BCUT2D eigenvalue weighted by Crippen LogP contribution is 2.38. The van der Waals surface area contributed by atoms with Crippen LogP contribution in [-0.4, -0.2) is 26.0 Å². The number of hydrogen-bond donors (Lipinski definition) is 1. The molecule has 27 heavy (non-hydrogen) atoms. The number of rotatable bonds is 5. The number of carbonyl (C=O) groups is 2. The first-order valence-electron chi connectivity index (χ1n) is 8.19. The summed E-state index contributed by atoms with van der Waals surface area (Å²) in [5, 5.41) is 5.10. The minimum absolute atomic E-state index is 0.0831. The molecule has 8 heteroatoms. The van der Waals surface area contributed by atoms with Crippen molar-refractivity contribution in [3.05, 3.63) is 64.6 Å². The van der Waals surface area contributed by atoms with Crippen molar-refractivity contribution in [3.63, 3.8) is 0 Å². The topological polar surface area (TPSA) is 97.5 Å². The second kappa shape index (κ2) is 7.30. The molecule has 1 aliphatic rings. The molecule has 2 aromatic carbocycles. The molecule has 0 aliphatic carbocycles. The maximum absolute atomic E-state index is 13.1. The van der Waals surface area contributed by atoms with Gasteiger partial charge in [0.25, 0.3) is 11.8 Å². The van der Waals surface area contributed by atoms with E-state index in [9.17, 15) is 18.0 Å². The molecule has 0 radical (unpaired) electrons. The van der Waals surface area contributed by atoms with Crippen LogP contribution < -0.4 is 10.0 Å². The van der Waals surface area contributed by atoms with Crippen molar-refractivity contribution in [3.8, 4) is 0 Å². The van der Waals surface area contributed by atoms with Crippen molar-refractivity contribution in [2.24, 2.45) is 5.14 Å². The van der Waals surface area contributed by atoms with Gasteiger partial charge in [-0.25, -0.2) is 18.5 Å². The van der Waals surface area contributed by atoms with Gasteiger partial charge < -0.3 is 0 Å². The fourth-order valence-electron chi connectivity index (χ4n) is 2.78. The molecule has 0 atom stereocenters. The van der Waals surface area contributed by atoms with Crippen LogP contribution in [0.25, 0.3) is 5.57 Å². The fourth-order valence-corrected chi connectivity index (χ4v) is 4.15. The predicted octanol–water partition coefficient (Wildman–Crippen LogP) is 2.68. The summed E-state index contributed by atoms with van der Waals surface area (Å²) in [4.78, 5) is 27.4. The summed E-state index contributed by atoms with van der Waals surface area (Å²) in [6.45, 7) is 3.85. The van der Waals surface area contributed by atoms with Gasteiger partial charge in [0.1, 0.15) is 0 Å². The SMILES string of the molecule is CCSC1=C(c2ccc(C)cc2)C(=O)N(c2ccc(S(N)(=O)=O)cc2)C1=O. The molecule has 6 nitrogen and oxygen atoms in total. The Morgan fingerprint density at radius 2 is 1.56 bits per heavy atom. The number of nitrogens with zero attached hydrogens (tertiary/aromatic N) is 1. The van der Waals surface area contributed by atoms with Crippen LogP contribution in [0, 0.1) is 6.92 Å². The average molecular weight is 402 g/mol. The fraction of sp³-hybridized carbons (Fsp3) is 0.158. The number of amides is 2. The number of imide groups is 1. The summed E-state index contributed by atoms with van der Waals surface area (Å²) in [7, 11) is -3.85. The van der Waals surface area contributed by atoms with Gasteiger partial charge in [-0.2, -0.15) is 0 Å². The monoisotopic (exact) mass is 402 g/mol. The van der Waals surface area contributed by atoms with Crippen LogP contribution in [0.4, 0.5) is 5.69 Å². The smallest absolute Gasteiger partial charge is 0.268 e. The molecule has 140 valence electrons. The first kappa shape index (κ1) is 19.3. The number of nitrogens with two attached hydrogens (primary N) is 1. The van der Waals surface area contributed by atoms with E-state index < -0.39 is 21.8 Å². The molecule has 0 fully saturated rings.